The van der Waals surface area contributed by atoms with Gasteiger partial charge in [0, 0.05) is 0 Å². The van der Waals surface area contributed by atoms with E-state index < -0.39 is 0 Å². The molecule has 0 rings (SSSR count). The van der Waals surface area contributed by atoms with Crippen molar-refractivity contribution in [3.05, 3.63) is 0 Å². The molecule has 30 valence electrons. The summed E-state index contributed by atoms with van der Waals surface area (Å²) in [7, 11) is 0. The molecule has 0 saturated heterocycles. The van der Waals surface area contributed by atoms with Crippen LogP contribution >= 0.6 is 0 Å². The molecule has 0 saturated carbocycles. The fraction of sp³-hybridized carbons (Fsp3) is 0. The summed E-state index contributed by atoms with van der Waals surface area (Å²) in [5.41, 5.74) is 0. The number of carbonyl (C=O) groups is 1. The Morgan fingerprint density at radius 2 is 1.60 bits per heavy atom. The van der Waals surface area contributed by atoms with Crippen LogP contribution < -0.4 is 0 Å². The standard InChI is InChI=1S/C2H2.CHO.Co/c2*1-2;/h1-2H;1H;. The van der Waals surface area contributed by atoms with Gasteiger partial charge in [0.25, 0.3) is 0 Å². The van der Waals surface area contributed by atoms with Gasteiger partial charge in [-0.25, -0.2) is 0 Å². The summed E-state index contributed by atoms with van der Waals surface area (Å²) < 4.78 is 0. The first kappa shape index (κ1) is 8.83. The maximum absolute atomic E-state index is 8.67. The summed E-state index contributed by atoms with van der Waals surface area (Å²) in [6, 6.07) is 0. The molecule has 0 aromatic carbocycles. The fourth-order valence-electron chi connectivity index (χ4n) is 0. The third-order valence-corrected chi connectivity index (χ3v) is 0. The van der Waals surface area contributed by atoms with Crippen LogP contribution in [0.5, 0.6) is 0 Å². The SMILES string of the molecule is C#C.O=[CH][Co]. The van der Waals surface area contributed by atoms with Crippen LogP contribution in [-0.4, -0.2) is 5.22 Å². The van der Waals surface area contributed by atoms with Crippen LogP contribution in [0.3, 0.4) is 0 Å². The molecule has 0 aliphatic heterocycles. The van der Waals surface area contributed by atoms with E-state index in [1.165, 1.54) is 0 Å². The Balaban J connectivity index is 0. The van der Waals surface area contributed by atoms with Gasteiger partial charge in [0.05, 0.1) is 0 Å². The molecule has 0 fully saturated rings. The van der Waals surface area contributed by atoms with Gasteiger partial charge in [-0.05, 0) is 0 Å². The van der Waals surface area contributed by atoms with Gasteiger partial charge in [0.2, 0.25) is 0 Å². The minimum atomic E-state index is 0.438. The van der Waals surface area contributed by atoms with E-state index in [1.807, 2.05) is 0 Å². The fourth-order valence-corrected chi connectivity index (χ4v) is 0. The predicted molar refractivity (Wildman–Crippen MR) is 16.6 cm³/mol. The maximum atomic E-state index is 8.67. The Labute approximate surface area is 39.3 Å². The van der Waals surface area contributed by atoms with Gasteiger partial charge in [0.15, 0.2) is 0 Å². The van der Waals surface area contributed by atoms with Crippen LogP contribution in [0.4, 0.5) is 0 Å². The molecule has 0 aromatic rings. The first-order valence-corrected chi connectivity index (χ1v) is 1.36. The quantitative estimate of drug-likeness (QED) is 0.319. The van der Waals surface area contributed by atoms with Crippen molar-refractivity contribution in [1.82, 2.24) is 0 Å². The van der Waals surface area contributed by atoms with Gasteiger partial charge in [-0.2, -0.15) is 0 Å². The number of carbonyl (C=O) groups excluding carboxylic acids is 1. The summed E-state index contributed by atoms with van der Waals surface area (Å²) in [5, 5.41) is 0.438. The van der Waals surface area contributed by atoms with Crippen LogP contribution in [0.2, 0.25) is 0 Å². The summed E-state index contributed by atoms with van der Waals surface area (Å²) in [5.74, 6) is 0. The van der Waals surface area contributed by atoms with E-state index >= 15 is 0 Å². The van der Waals surface area contributed by atoms with Gasteiger partial charge in [-0.1, -0.05) is 0 Å². The van der Waals surface area contributed by atoms with E-state index in [0.29, 0.717) is 5.22 Å². The average Bonchev–Trinajstić information content (AvgIpc) is 1.46. The van der Waals surface area contributed by atoms with Crippen LogP contribution in [0, 0.1) is 12.8 Å². The Morgan fingerprint density at radius 1 is 1.60 bits per heavy atom. The average molecular weight is 114 g/mol. The predicted octanol–water partition coefficient (Wildman–Crippen LogP) is -0.0272. The number of hydrogen-bond donors (Lipinski definition) is 0. The van der Waals surface area contributed by atoms with E-state index in [9.17, 15) is 0 Å². The molecule has 2 heteroatoms. The number of rotatable bonds is 0. The van der Waals surface area contributed by atoms with Gasteiger partial charge in [-0.3, -0.25) is 0 Å². The molecule has 0 aliphatic carbocycles. The van der Waals surface area contributed by atoms with Crippen molar-refractivity contribution < 1.29 is 20.5 Å². The molecule has 0 spiro atoms. The van der Waals surface area contributed by atoms with Crippen LogP contribution in [0.15, 0.2) is 0 Å². The Kier molecular flexibility index (Phi) is 91.1. The van der Waals surface area contributed by atoms with E-state index in [4.69, 9.17) is 4.79 Å². The molecule has 0 heterocycles. The van der Waals surface area contributed by atoms with E-state index in [-0.39, 0.29) is 0 Å². The zero-order valence-electron chi connectivity index (χ0n) is 2.47. The second-order valence-corrected chi connectivity index (χ2v) is 0.324. The van der Waals surface area contributed by atoms with Crippen molar-refractivity contribution in [2.75, 3.05) is 0 Å². The normalized spacial score (nSPS) is 3.20. The van der Waals surface area contributed by atoms with Gasteiger partial charge >= 0.3 is 25.8 Å². The second-order valence-electron chi connectivity index (χ2n) is 0.0786. The minimum absolute atomic E-state index is 0.438. The first-order chi connectivity index (χ1) is 2.41. The molecule has 0 bridgehead atoms. The Hall–Kier alpha value is -0.264. The van der Waals surface area contributed by atoms with Crippen LogP contribution in [-0.2, 0) is 20.5 Å². The van der Waals surface area contributed by atoms with E-state index in [1.54, 1.807) is 0 Å². The van der Waals surface area contributed by atoms with Gasteiger partial charge in [-0.15, -0.1) is 12.8 Å². The van der Waals surface area contributed by atoms with Crippen LogP contribution in [0.25, 0.3) is 0 Å². The third kappa shape index (κ3) is 162. The van der Waals surface area contributed by atoms with Crippen molar-refractivity contribution in [2.24, 2.45) is 0 Å². The molecule has 0 amide bonds. The number of hydrogen-bond acceptors (Lipinski definition) is 1. The summed E-state index contributed by atoms with van der Waals surface area (Å²) >= 11 is 3.15. The molecular weight excluding hydrogens is 111 g/mol. The van der Waals surface area contributed by atoms with Crippen molar-refractivity contribution in [2.45, 2.75) is 0 Å². The monoisotopic (exact) mass is 114 g/mol. The topological polar surface area (TPSA) is 17.1 Å². The molecule has 0 aliphatic rings. The molecule has 0 radical (unpaired) electrons. The molecule has 0 atom stereocenters. The Morgan fingerprint density at radius 3 is 1.60 bits per heavy atom. The van der Waals surface area contributed by atoms with Crippen molar-refractivity contribution in [3.63, 3.8) is 0 Å². The third-order valence-electron chi connectivity index (χ3n) is 0. The van der Waals surface area contributed by atoms with Crippen molar-refractivity contribution in [3.8, 4) is 12.8 Å². The van der Waals surface area contributed by atoms with Gasteiger partial charge in [0.1, 0.15) is 0 Å². The summed E-state index contributed by atoms with van der Waals surface area (Å²) in [6.45, 7) is 0. The zero-order valence-corrected chi connectivity index (χ0v) is 3.51. The molecule has 1 nitrogen and oxygen atoms in total. The first-order valence-electron chi connectivity index (χ1n) is 0.761. The Bertz CT molecular complexity index is 31.1. The second kappa shape index (κ2) is 51.6. The summed E-state index contributed by atoms with van der Waals surface area (Å²) in [6.07, 6.45) is 8.00. The molecule has 0 unspecified atom stereocenters. The number of terminal acetylenes is 1. The van der Waals surface area contributed by atoms with Crippen molar-refractivity contribution in [1.29, 1.82) is 0 Å². The molecule has 0 N–H and O–H groups in total. The zero-order chi connectivity index (χ0) is 4.71. The summed E-state index contributed by atoms with van der Waals surface area (Å²) in [4.78, 5) is 8.67. The van der Waals surface area contributed by atoms with Crippen LogP contribution in [0.1, 0.15) is 0 Å². The molecule has 5 heavy (non-hydrogen) atoms. The van der Waals surface area contributed by atoms with Crippen molar-refractivity contribution >= 4 is 5.22 Å². The van der Waals surface area contributed by atoms with E-state index in [2.05, 4.69) is 28.6 Å². The molecule has 0 aromatic heterocycles. The van der Waals surface area contributed by atoms with E-state index in [0.717, 1.165) is 0 Å². The molecular formula is C3H3CoO. The van der Waals surface area contributed by atoms with Gasteiger partial charge < -0.3 is 0 Å².